The van der Waals surface area contributed by atoms with E-state index in [9.17, 15) is 9.18 Å². The lowest BCUT2D eigenvalue weighted by Gasteiger charge is -2.33. The molecule has 0 spiro atoms. The van der Waals surface area contributed by atoms with Crippen LogP contribution >= 0.6 is 0 Å². The quantitative estimate of drug-likeness (QED) is 0.712. The van der Waals surface area contributed by atoms with E-state index in [4.69, 9.17) is 0 Å². The molecule has 1 aliphatic rings. The number of aromatic amines is 1. The molecule has 1 aromatic carbocycles. The maximum absolute atomic E-state index is 14.0. The molecule has 2 atom stereocenters. The van der Waals surface area contributed by atoms with Crippen molar-refractivity contribution in [3.8, 4) is 0 Å². The van der Waals surface area contributed by atoms with Crippen LogP contribution in [0.5, 0.6) is 0 Å². The first kappa shape index (κ1) is 15.3. The van der Waals surface area contributed by atoms with Gasteiger partial charge >= 0.3 is 0 Å². The van der Waals surface area contributed by atoms with Crippen LogP contribution in [0.4, 0.5) is 10.1 Å². The Morgan fingerprint density at radius 3 is 2.92 bits per heavy atom. The van der Waals surface area contributed by atoms with Gasteiger partial charge in [-0.2, -0.15) is 10.2 Å². The SMILES string of the molecule is C=CC(=C)[C@@H]1Nc2cc(F)cc3c(=O)[nH]nc(c23)[C@H]1c1ncnn1C. The topological polar surface area (TPSA) is 88.5 Å². The molecule has 0 radical (unpaired) electrons. The highest BCUT2D eigenvalue weighted by atomic mass is 19.1. The molecule has 0 saturated carbocycles. The van der Waals surface area contributed by atoms with Crippen LogP contribution < -0.4 is 10.9 Å². The highest BCUT2D eigenvalue weighted by Crippen LogP contribution is 2.41. The molecule has 0 unspecified atom stereocenters. The zero-order chi connectivity index (χ0) is 17.7. The standard InChI is InChI=1S/C17H15FN6O/c1-4-8(2)14-13(16-19-7-20-24(16)3)15-12-10(17(25)23-22-15)5-9(18)6-11(12)21-14/h4-7,13-14,21H,1-2H2,3H3,(H,23,25)/t13-,14-/m0/s1. The van der Waals surface area contributed by atoms with Crippen LogP contribution in [0.25, 0.3) is 10.8 Å². The molecule has 126 valence electrons. The molecule has 3 heterocycles. The zero-order valence-electron chi connectivity index (χ0n) is 13.5. The number of nitrogens with zero attached hydrogens (tertiary/aromatic N) is 4. The van der Waals surface area contributed by atoms with Crippen molar-refractivity contribution in [2.24, 2.45) is 7.05 Å². The maximum atomic E-state index is 14.0. The van der Waals surface area contributed by atoms with Gasteiger partial charge in [-0.1, -0.05) is 19.2 Å². The molecule has 0 aliphatic carbocycles. The van der Waals surface area contributed by atoms with E-state index < -0.39 is 11.4 Å². The highest BCUT2D eigenvalue weighted by Gasteiger charge is 2.37. The number of hydrogen-bond donors (Lipinski definition) is 2. The van der Waals surface area contributed by atoms with E-state index in [1.54, 1.807) is 17.8 Å². The van der Waals surface area contributed by atoms with Crippen molar-refractivity contribution in [2.45, 2.75) is 12.0 Å². The summed E-state index contributed by atoms with van der Waals surface area (Å²) in [5.74, 6) is -0.218. The van der Waals surface area contributed by atoms with Crippen molar-refractivity contribution < 1.29 is 4.39 Å². The van der Waals surface area contributed by atoms with Gasteiger partial charge in [0, 0.05) is 18.1 Å². The van der Waals surface area contributed by atoms with Gasteiger partial charge in [0.15, 0.2) is 0 Å². The summed E-state index contributed by atoms with van der Waals surface area (Å²) in [5, 5.41) is 14.9. The second kappa shape index (κ2) is 5.37. The number of aromatic nitrogens is 5. The third kappa shape index (κ3) is 2.18. The molecule has 8 heteroatoms. The Morgan fingerprint density at radius 2 is 2.24 bits per heavy atom. The van der Waals surface area contributed by atoms with Crippen LogP contribution in [0, 0.1) is 5.82 Å². The first-order valence-corrected chi connectivity index (χ1v) is 7.64. The lowest BCUT2D eigenvalue weighted by molar-refractivity contribution is 0.589. The second-order valence-corrected chi connectivity index (χ2v) is 5.93. The summed E-state index contributed by atoms with van der Waals surface area (Å²) in [4.78, 5) is 16.5. The number of halogens is 1. The normalized spacial score (nSPS) is 18.8. The van der Waals surface area contributed by atoms with Crippen LogP contribution in [-0.4, -0.2) is 31.0 Å². The summed E-state index contributed by atoms with van der Waals surface area (Å²) in [6.45, 7) is 7.81. The third-order valence-electron chi connectivity index (χ3n) is 4.51. The molecule has 0 bridgehead atoms. The minimum absolute atomic E-state index is 0.238. The summed E-state index contributed by atoms with van der Waals surface area (Å²) in [5.41, 5.74) is 1.34. The Labute approximate surface area is 141 Å². The molecule has 3 aromatic rings. The third-order valence-corrected chi connectivity index (χ3v) is 4.51. The van der Waals surface area contributed by atoms with E-state index >= 15 is 0 Å². The van der Waals surface area contributed by atoms with Crippen molar-refractivity contribution in [1.82, 2.24) is 25.0 Å². The summed E-state index contributed by atoms with van der Waals surface area (Å²) in [6, 6.07) is 2.21. The van der Waals surface area contributed by atoms with Crippen molar-refractivity contribution in [3.63, 3.8) is 0 Å². The Morgan fingerprint density at radius 1 is 1.44 bits per heavy atom. The number of rotatable bonds is 3. The van der Waals surface area contributed by atoms with Gasteiger partial charge in [0.25, 0.3) is 5.56 Å². The largest absolute Gasteiger partial charge is 0.376 e. The van der Waals surface area contributed by atoms with Crippen molar-refractivity contribution >= 4 is 16.5 Å². The van der Waals surface area contributed by atoms with E-state index in [2.05, 4.69) is 38.8 Å². The maximum Gasteiger partial charge on any atom is 0.272 e. The highest BCUT2D eigenvalue weighted by molar-refractivity contribution is 5.97. The van der Waals surface area contributed by atoms with E-state index in [0.29, 0.717) is 28.2 Å². The molecule has 4 rings (SSSR count). The van der Waals surface area contributed by atoms with Crippen molar-refractivity contribution in [1.29, 1.82) is 0 Å². The molecule has 2 aromatic heterocycles. The molecular formula is C17H15FN6O. The average Bonchev–Trinajstić information content (AvgIpc) is 3.02. The van der Waals surface area contributed by atoms with Gasteiger partial charge in [0.05, 0.1) is 23.0 Å². The second-order valence-electron chi connectivity index (χ2n) is 5.93. The number of aryl methyl sites for hydroxylation is 1. The predicted octanol–water partition coefficient (Wildman–Crippen LogP) is 1.86. The zero-order valence-corrected chi connectivity index (χ0v) is 13.5. The first-order valence-electron chi connectivity index (χ1n) is 7.64. The van der Waals surface area contributed by atoms with Gasteiger partial charge in [-0.05, 0) is 17.7 Å². The van der Waals surface area contributed by atoms with Gasteiger partial charge in [0.2, 0.25) is 0 Å². The van der Waals surface area contributed by atoms with Crippen molar-refractivity contribution in [3.05, 3.63) is 71.0 Å². The monoisotopic (exact) mass is 338 g/mol. The number of benzene rings is 1. The Kier molecular flexibility index (Phi) is 3.28. The van der Waals surface area contributed by atoms with E-state index in [0.717, 1.165) is 0 Å². The van der Waals surface area contributed by atoms with Gasteiger partial charge in [0.1, 0.15) is 18.0 Å². The number of H-pyrrole nitrogens is 1. The van der Waals surface area contributed by atoms with E-state index in [1.165, 1.54) is 18.5 Å². The minimum Gasteiger partial charge on any atom is -0.376 e. The first-order chi connectivity index (χ1) is 12.0. The van der Waals surface area contributed by atoms with Crippen LogP contribution in [0.2, 0.25) is 0 Å². The van der Waals surface area contributed by atoms with Crippen LogP contribution in [0.3, 0.4) is 0 Å². The lowest BCUT2D eigenvalue weighted by Crippen LogP contribution is -2.36. The number of nitrogens with one attached hydrogen (secondary N) is 2. The summed E-state index contributed by atoms with van der Waals surface area (Å²) in [6.07, 6.45) is 3.08. The number of hydrogen-bond acceptors (Lipinski definition) is 5. The predicted molar refractivity (Wildman–Crippen MR) is 91.9 cm³/mol. The molecule has 0 amide bonds. The van der Waals surface area contributed by atoms with E-state index in [-0.39, 0.29) is 17.3 Å². The Bertz CT molecular complexity index is 1080. The van der Waals surface area contributed by atoms with Gasteiger partial charge in [-0.15, -0.1) is 0 Å². The summed E-state index contributed by atoms with van der Waals surface area (Å²) in [7, 11) is 1.78. The summed E-state index contributed by atoms with van der Waals surface area (Å²) >= 11 is 0. The molecular weight excluding hydrogens is 323 g/mol. The van der Waals surface area contributed by atoms with Gasteiger partial charge in [-0.3, -0.25) is 9.48 Å². The molecule has 25 heavy (non-hydrogen) atoms. The fourth-order valence-electron chi connectivity index (χ4n) is 3.33. The van der Waals surface area contributed by atoms with Crippen LogP contribution in [0.1, 0.15) is 17.4 Å². The van der Waals surface area contributed by atoms with Crippen LogP contribution in [-0.2, 0) is 7.05 Å². The van der Waals surface area contributed by atoms with Crippen molar-refractivity contribution in [2.75, 3.05) is 5.32 Å². The van der Waals surface area contributed by atoms with Gasteiger partial charge in [-0.25, -0.2) is 14.5 Å². The average molecular weight is 338 g/mol. The van der Waals surface area contributed by atoms with E-state index in [1.807, 2.05) is 0 Å². The molecule has 0 saturated heterocycles. The van der Waals surface area contributed by atoms with Crippen LogP contribution in [0.15, 0.2) is 48.1 Å². The molecule has 1 aliphatic heterocycles. The molecule has 0 fully saturated rings. The molecule has 7 nitrogen and oxygen atoms in total. The van der Waals surface area contributed by atoms with Gasteiger partial charge < -0.3 is 5.32 Å². The minimum atomic E-state index is -0.502. The fourth-order valence-corrected chi connectivity index (χ4v) is 3.33. The Hall–Kier alpha value is -3.29. The number of anilines is 1. The Balaban J connectivity index is 2.08. The smallest absolute Gasteiger partial charge is 0.272 e. The lowest BCUT2D eigenvalue weighted by atomic mass is 9.84. The summed E-state index contributed by atoms with van der Waals surface area (Å²) < 4.78 is 15.6. The molecule has 2 N–H and O–H groups in total. The fraction of sp³-hybridized carbons (Fsp3) is 0.176.